The number of aryl methyl sites for hydroxylation is 3. The highest BCUT2D eigenvalue weighted by Gasteiger charge is 2.18. The van der Waals surface area contributed by atoms with Crippen LogP contribution < -0.4 is 14.9 Å². The highest BCUT2D eigenvalue weighted by atomic mass is 16.6. The number of furan rings is 1. The Kier molecular flexibility index (Phi) is 8.15. The quantitative estimate of drug-likeness (QED) is 0.116. The molecule has 0 spiro atoms. The van der Waals surface area contributed by atoms with E-state index in [1.165, 1.54) is 25.5 Å². The summed E-state index contributed by atoms with van der Waals surface area (Å²) < 4.78 is 20.9. The van der Waals surface area contributed by atoms with Gasteiger partial charge >= 0.3 is 5.91 Å². The van der Waals surface area contributed by atoms with Crippen LogP contribution in [0, 0.1) is 37.8 Å². The number of nitro benzene ring substituents is 1. The van der Waals surface area contributed by atoms with Crippen LogP contribution in [-0.2, 0) is 6.61 Å². The van der Waals surface area contributed by atoms with E-state index in [4.69, 9.17) is 13.9 Å². The monoisotopic (exact) mass is 581 g/mol. The van der Waals surface area contributed by atoms with Crippen molar-refractivity contribution in [3.8, 4) is 22.9 Å². The molecule has 0 saturated carbocycles. The van der Waals surface area contributed by atoms with Gasteiger partial charge in [0.15, 0.2) is 5.76 Å². The number of nitrogens with zero attached hydrogens (tertiary/aromatic N) is 4. The van der Waals surface area contributed by atoms with Gasteiger partial charge in [0.25, 0.3) is 5.69 Å². The number of carbonyl (C=O) groups is 1. The molecule has 0 radical (unpaired) electrons. The van der Waals surface area contributed by atoms with E-state index in [1.54, 1.807) is 18.2 Å². The Balaban J connectivity index is 1.21. The number of aromatic nitrogens is 2. The van der Waals surface area contributed by atoms with Crippen LogP contribution in [0.15, 0.2) is 82.3 Å². The molecular weight excluding hydrogens is 550 g/mol. The molecule has 0 bridgehead atoms. The highest BCUT2D eigenvalue weighted by Crippen LogP contribution is 2.31. The molecule has 3 heterocycles. The van der Waals surface area contributed by atoms with E-state index in [-0.39, 0.29) is 18.1 Å². The number of carbonyl (C=O) groups excluding carboxylic acids is 1. The molecule has 0 unspecified atom stereocenters. The predicted molar refractivity (Wildman–Crippen MR) is 162 cm³/mol. The van der Waals surface area contributed by atoms with E-state index >= 15 is 0 Å². The Morgan fingerprint density at radius 1 is 0.953 bits per heavy atom. The molecule has 11 nitrogen and oxygen atoms in total. The summed E-state index contributed by atoms with van der Waals surface area (Å²) in [5.41, 5.74) is 8.60. The van der Waals surface area contributed by atoms with Crippen LogP contribution in [0.2, 0.25) is 0 Å². The second-order valence-corrected chi connectivity index (χ2v) is 9.97. The van der Waals surface area contributed by atoms with Gasteiger partial charge in [-0.25, -0.2) is 5.43 Å². The van der Waals surface area contributed by atoms with Crippen LogP contribution in [0.1, 0.15) is 44.7 Å². The molecule has 2 aromatic carbocycles. The second kappa shape index (κ2) is 12.1. The van der Waals surface area contributed by atoms with Crippen molar-refractivity contribution < 1.29 is 23.6 Å². The molecule has 3 aromatic heterocycles. The number of methoxy groups -OCH3 is 1. The zero-order chi connectivity index (χ0) is 30.7. The standard InChI is InChI=1S/C32H31N5O6/c1-20-6-7-21(2)35(20)25-8-11-27(12-9-25)42-19-28-13-15-31(43-28)32(38)34-33-18-24-16-22(3)36(23(24)4)29-17-26(37(39)40)10-14-30(29)41-5/h6-18H,19H2,1-5H3,(H,34,38)/b33-18+. The third kappa shape index (κ3) is 6.05. The summed E-state index contributed by atoms with van der Waals surface area (Å²) >= 11 is 0. The Labute approximate surface area is 248 Å². The van der Waals surface area contributed by atoms with Crippen molar-refractivity contribution in [2.24, 2.45) is 5.10 Å². The van der Waals surface area contributed by atoms with E-state index in [2.05, 4.69) is 41.1 Å². The molecule has 220 valence electrons. The number of non-ortho nitro benzene ring substituents is 1. The molecule has 5 aromatic rings. The minimum Gasteiger partial charge on any atom is -0.495 e. The largest absolute Gasteiger partial charge is 0.495 e. The van der Waals surface area contributed by atoms with Crippen molar-refractivity contribution in [3.63, 3.8) is 0 Å². The van der Waals surface area contributed by atoms with Crippen LogP contribution in [0.25, 0.3) is 11.4 Å². The summed E-state index contributed by atoms with van der Waals surface area (Å²) in [4.78, 5) is 23.5. The molecule has 0 atom stereocenters. The normalized spacial score (nSPS) is 11.2. The minimum absolute atomic E-state index is 0.0510. The molecule has 1 amide bonds. The fraction of sp³-hybridized carbons (Fsp3) is 0.188. The Morgan fingerprint density at radius 3 is 2.35 bits per heavy atom. The maximum atomic E-state index is 12.6. The first-order chi connectivity index (χ1) is 20.7. The number of ether oxygens (including phenoxy) is 2. The van der Waals surface area contributed by atoms with Crippen LogP contribution in [0.3, 0.4) is 0 Å². The molecule has 1 N–H and O–H groups in total. The van der Waals surface area contributed by atoms with E-state index in [1.807, 2.05) is 48.7 Å². The Morgan fingerprint density at radius 2 is 1.67 bits per heavy atom. The summed E-state index contributed by atoms with van der Waals surface area (Å²) in [6, 6.07) is 21.4. The summed E-state index contributed by atoms with van der Waals surface area (Å²) in [7, 11) is 1.51. The number of hydrazone groups is 1. The first-order valence-corrected chi connectivity index (χ1v) is 13.5. The van der Waals surface area contributed by atoms with Gasteiger partial charge in [-0.15, -0.1) is 0 Å². The van der Waals surface area contributed by atoms with Gasteiger partial charge in [-0.1, -0.05) is 0 Å². The molecule has 43 heavy (non-hydrogen) atoms. The third-order valence-electron chi connectivity index (χ3n) is 7.09. The summed E-state index contributed by atoms with van der Waals surface area (Å²) in [5, 5.41) is 15.4. The van der Waals surface area contributed by atoms with Crippen molar-refractivity contribution >= 4 is 17.8 Å². The topological polar surface area (TPSA) is 126 Å². The number of hydrogen-bond acceptors (Lipinski definition) is 7. The number of nitro groups is 1. The first-order valence-electron chi connectivity index (χ1n) is 13.5. The number of hydrogen-bond donors (Lipinski definition) is 1. The summed E-state index contributed by atoms with van der Waals surface area (Å²) in [5.74, 6) is 1.24. The zero-order valence-corrected chi connectivity index (χ0v) is 24.5. The lowest BCUT2D eigenvalue weighted by Gasteiger charge is -2.13. The van der Waals surface area contributed by atoms with Crippen molar-refractivity contribution in [2.45, 2.75) is 34.3 Å². The maximum absolute atomic E-state index is 12.6. The van der Waals surface area contributed by atoms with Gasteiger partial charge in [0.1, 0.15) is 23.9 Å². The van der Waals surface area contributed by atoms with Crippen LogP contribution in [0.5, 0.6) is 11.5 Å². The van der Waals surface area contributed by atoms with Crippen molar-refractivity contribution in [1.29, 1.82) is 0 Å². The van der Waals surface area contributed by atoms with Crippen molar-refractivity contribution in [3.05, 3.63) is 123 Å². The van der Waals surface area contributed by atoms with Gasteiger partial charge in [-0.2, -0.15) is 5.10 Å². The Bertz CT molecular complexity index is 1810. The van der Waals surface area contributed by atoms with Gasteiger partial charge in [0, 0.05) is 46.2 Å². The van der Waals surface area contributed by atoms with Crippen LogP contribution in [-0.4, -0.2) is 33.3 Å². The maximum Gasteiger partial charge on any atom is 0.307 e. The smallest absolute Gasteiger partial charge is 0.307 e. The highest BCUT2D eigenvalue weighted by molar-refractivity contribution is 5.92. The number of nitrogens with one attached hydrogen (secondary N) is 1. The SMILES string of the molecule is COc1ccc([N+](=O)[O-])cc1-n1c(C)cc(/C=N/NC(=O)c2ccc(COc3ccc(-n4c(C)ccc4C)cc3)o2)c1C. The predicted octanol–water partition coefficient (Wildman–Crippen LogP) is 6.35. The fourth-order valence-electron chi connectivity index (χ4n) is 4.97. The molecule has 0 aliphatic rings. The van der Waals surface area contributed by atoms with E-state index in [9.17, 15) is 14.9 Å². The fourth-order valence-corrected chi connectivity index (χ4v) is 4.97. The Hall–Kier alpha value is -5.58. The molecule has 11 heteroatoms. The molecule has 0 aliphatic carbocycles. The van der Waals surface area contributed by atoms with E-state index in [0.717, 1.165) is 28.5 Å². The molecule has 0 saturated heterocycles. The minimum atomic E-state index is -0.515. The van der Waals surface area contributed by atoms with Gasteiger partial charge in [0.2, 0.25) is 0 Å². The average molecular weight is 582 g/mol. The van der Waals surface area contributed by atoms with Crippen molar-refractivity contribution in [2.75, 3.05) is 7.11 Å². The van der Waals surface area contributed by atoms with Gasteiger partial charge < -0.3 is 23.0 Å². The van der Waals surface area contributed by atoms with Crippen molar-refractivity contribution in [1.82, 2.24) is 14.6 Å². The second-order valence-electron chi connectivity index (χ2n) is 9.97. The lowest BCUT2D eigenvalue weighted by atomic mass is 10.2. The summed E-state index contributed by atoms with van der Waals surface area (Å²) in [6.45, 7) is 8.00. The van der Waals surface area contributed by atoms with E-state index < -0.39 is 10.8 Å². The van der Waals surface area contributed by atoms with Crippen LogP contribution in [0.4, 0.5) is 5.69 Å². The molecular formula is C32H31N5O6. The van der Waals surface area contributed by atoms with Gasteiger partial charge in [-0.05, 0) is 88.4 Å². The molecule has 5 rings (SSSR count). The van der Waals surface area contributed by atoms with Gasteiger partial charge in [-0.3, -0.25) is 14.9 Å². The summed E-state index contributed by atoms with van der Waals surface area (Å²) in [6.07, 6.45) is 1.51. The number of benzene rings is 2. The molecule has 0 aliphatic heterocycles. The third-order valence-corrected chi connectivity index (χ3v) is 7.09. The van der Waals surface area contributed by atoms with E-state index in [0.29, 0.717) is 28.5 Å². The lowest BCUT2D eigenvalue weighted by molar-refractivity contribution is -0.384. The zero-order valence-electron chi connectivity index (χ0n) is 24.5. The van der Waals surface area contributed by atoms with Crippen LogP contribution >= 0.6 is 0 Å². The number of amides is 1. The first kappa shape index (κ1) is 28.9. The lowest BCUT2D eigenvalue weighted by Crippen LogP contribution is -2.16. The molecule has 0 fully saturated rings. The number of rotatable bonds is 10. The average Bonchev–Trinajstić information content (AvgIpc) is 3.68. The van der Waals surface area contributed by atoms with Gasteiger partial charge in [0.05, 0.1) is 23.9 Å².